The van der Waals surface area contributed by atoms with E-state index in [4.69, 9.17) is 14.2 Å². The summed E-state index contributed by atoms with van der Waals surface area (Å²) in [5, 5.41) is 2.82. The quantitative estimate of drug-likeness (QED) is 0.649. The number of hydrogen-bond acceptors (Lipinski definition) is 5. The molecular weight excluding hydrogens is 322 g/mol. The van der Waals surface area contributed by atoms with E-state index < -0.39 is 11.6 Å². The molecule has 0 aliphatic rings. The van der Waals surface area contributed by atoms with Gasteiger partial charge in [-0.2, -0.15) is 0 Å². The Bertz CT molecular complexity index is 587. The number of rotatable bonds is 10. The van der Waals surface area contributed by atoms with Gasteiger partial charge >= 0.3 is 5.97 Å². The lowest BCUT2D eigenvalue weighted by molar-refractivity contribution is -0.136. The lowest BCUT2D eigenvalue weighted by Crippen LogP contribution is -2.41. The fourth-order valence-electron chi connectivity index (χ4n) is 2.34. The average molecular weight is 351 g/mol. The summed E-state index contributed by atoms with van der Waals surface area (Å²) in [5.41, 5.74) is -0.135. The minimum absolute atomic E-state index is 0.248. The summed E-state index contributed by atoms with van der Waals surface area (Å²) in [6, 6.07) is 4.92. The molecule has 1 unspecified atom stereocenters. The Balaban J connectivity index is 3.03. The number of esters is 1. The summed E-state index contributed by atoms with van der Waals surface area (Å²) < 4.78 is 16.0. The first-order chi connectivity index (χ1) is 11.9. The molecule has 0 aliphatic heterocycles. The third-order valence-corrected chi connectivity index (χ3v) is 3.97. The highest BCUT2D eigenvalue weighted by Gasteiger charge is 2.32. The van der Waals surface area contributed by atoms with Gasteiger partial charge in [-0.25, -0.2) is 4.79 Å². The Hall–Kier alpha value is -2.08. The van der Waals surface area contributed by atoms with Gasteiger partial charge in [-0.3, -0.25) is 4.79 Å². The zero-order valence-corrected chi connectivity index (χ0v) is 15.8. The van der Waals surface area contributed by atoms with Crippen LogP contribution in [-0.2, 0) is 14.3 Å². The van der Waals surface area contributed by atoms with Gasteiger partial charge in [0, 0.05) is 12.8 Å². The minimum Gasteiger partial charge on any atom is -0.493 e. The van der Waals surface area contributed by atoms with Gasteiger partial charge in [0.15, 0.2) is 0 Å². The predicted octanol–water partition coefficient (Wildman–Crippen LogP) is 3.80. The molecule has 0 spiro atoms. The molecule has 0 aromatic heterocycles. The number of benzene rings is 1. The van der Waals surface area contributed by atoms with Crippen LogP contribution < -0.4 is 10.1 Å². The summed E-state index contributed by atoms with van der Waals surface area (Å²) in [6.45, 7) is 8.09. The summed E-state index contributed by atoms with van der Waals surface area (Å²) in [5.74, 6) is -0.301. The van der Waals surface area contributed by atoms with Crippen LogP contribution in [0.25, 0.3) is 0 Å². The zero-order chi connectivity index (χ0) is 18.9. The van der Waals surface area contributed by atoms with Gasteiger partial charge in [0.25, 0.3) is 5.91 Å². The summed E-state index contributed by atoms with van der Waals surface area (Å²) >= 11 is 0. The molecule has 1 amide bonds. The van der Waals surface area contributed by atoms with E-state index in [1.807, 2.05) is 6.92 Å². The maximum atomic E-state index is 12.6. The van der Waals surface area contributed by atoms with Crippen molar-refractivity contribution in [3.8, 4) is 5.75 Å². The van der Waals surface area contributed by atoms with Crippen LogP contribution in [0.5, 0.6) is 5.75 Å². The van der Waals surface area contributed by atoms with Crippen LogP contribution in [0, 0.1) is 0 Å². The number of hydrogen-bond donors (Lipinski definition) is 1. The van der Waals surface area contributed by atoms with Crippen molar-refractivity contribution in [1.29, 1.82) is 0 Å². The molecule has 0 radical (unpaired) electrons. The third-order valence-electron chi connectivity index (χ3n) is 3.97. The third kappa shape index (κ3) is 5.74. The van der Waals surface area contributed by atoms with Crippen molar-refractivity contribution in [3.63, 3.8) is 0 Å². The Kier molecular flexibility index (Phi) is 8.41. The number of amides is 1. The first-order valence-corrected chi connectivity index (χ1v) is 8.72. The topological polar surface area (TPSA) is 73.9 Å². The van der Waals surface area contributed by atoms with Crippen molar-refractivity contribution < 1.29 is 23.8 Å². The molecule has 25 heavy (non-hydrogen) atoms. The van der Waals surface area contributed by atoms with Gasteiger partial charge in [0.1, 0.15) is 16.9 Å². The van der Waals surface area contributed by atoms with Crippen LogP contribution in [0.15, 0.2) is 18.2 Å². The molecule has 1 aromatic carbocycles. The normalized spacial score (nSPS) is 13.0. The second-order valence-corrected chi connectivity index (χ2v) is 5.86. The van der Waals surface area contributed by atoms with Crippen LogP contribution in [0.4, 0.5) is 5.69 Å². The van der Waals surface area contributed by atoms with Crippen molar-refractivity contribution in [1.82, 2.24) is 0 Å². The number of anilines is 1. The van der Waals surface area contributed by atoms with Crippen LogP contribution >= 0.6 is 0 Å². The summed E-state index contributed by atoms with van der Waals surface area (Å²) in [4.78, 5) is 24.7. The maximum absolute atomic E-state index is 12.6. The number of ether oxygens (including phenoxy) is 3. The standard InChI is InChI=1S/C19H29NO5/c1-6-9-12-19(4,23-5)18(22)20-14-10-11-16(24-7-2)15(13-14)17(21)25-8-3/h10-11,13H,6-9,12H2,1-5H3,(H,20,22). The van der Waals surface area contributed by atoms with E-state index in [9.17, 15) is 9.59 Å². The van der Waals surface area contributed by atoms with Crippen LogP contribution in [0.1, 0.15) is 57.3 Å². The second-order valence-electron chi connectivity index (χ2n) is 5.86. The highest BCUT2D eigenvalue weighted by atomic mass is 16.5. The molecule has 0 aliphatic carbocycles. The Morgan fingerprint density at radius 2 is 1.88 bits per heavy atom. The average Bonchev–Trinajstić information content (AvgIpc) is 2.61. The second kappa shape index (κ2) is 10.0. The molecule has 0 bridgehead atoms. The van der Waals surface area contributed by atoms with Gasteiger partial charge in [-0.05, 0) is 45.4 Å². The van der Waals surface area contributed by atoms with Crippen LogP contribution in [0.2, 0.25) is 0 Å². The molecule has 1 atom stereocenters. The lowest BCUT2D eigenvalue weighted by atomic mass is 9.97. The van der Waals surface area contributed by atoms with Crippen LogP contribution in [0.3, 0.4) is 0 Å². The summed E-state index contributed by atoms with van der Waals surface area (Å²) in [7, 11) is 1.53. The van der Waals surface area contributed by atoms with E-state index in [0.29, 0.717) is 24.5 Å². The van der Waals surface area contributed by atoms with Crippen molar-refractivity contribution >= 4 is 17.6 Å². The highest BCUT2D eigenvalue weighted by molar-refractivity contribution is 5.99. The molecule has 1 N–H and O–H groups in total. The smallest absolute Gasteiger partial charge is 0.341 e. The van der Waals surface area contributed by atoms with E-state index in [0.717, 1.165) is 12.8 Å². The van der Waals surface area contributed by atoms with E-state index in [1.54, 1.807) is 32.0 Å². The van der Waals surface area contributed by atoms with Gasteiger partial charge in [0.05, 0.1) is 13.2 Å². The van der Waals surface area contributed by atoms with E-state index >= 15 is 0 Å². The molecule has 1 rings (SSSR count). The largest absolute Gasteiger partial charge is 0.493 e. The minimum atomic E-state index is -0.918. The number of unbranched alkanes of at least 4 members (excludes halogenated alkanes) is 1. The molecule has 0 saturated carbocycles. The van der Waals surface area contributed by atoms with Crippen molar-refractivity contribution in [3.05, 3.63) is 23.8 Å². The van der Waals surface area contributed by atoms with Gasteiger partial charge in [-0.15, -0.1) is 0 Å². The van der Waals surface area contributed by atoms with Crippen molar-refractivity contribution in [2.75, 3.05) is 25.6 Å². The first-order valence-electron chi connectivity index (χ1n) is 8.72. The molecule has 0 heterocycles. The van der Waals surface area contributed by atoms with Crippen molar-refractivity contribution in [2.24, 2.45) is 0 Å². The van der Waals surface area contributed by atoms with E-state index in [-0.39, 0.29) is 18.1 Å². The van der Waals surface area contributed by atoms with E-state index in [2.05, 4.69) is 12.2 Å². The van der Waals surface area contributed by atoms with Gasteiger partial charge < -0.3 is 19.5 Å². The molecule has 0 fully saturated rings. The van der Waals surface area contributed by atoms with Gasteiger partial charge in [-0.1, -0.05) is 19.8 Å². The molecule has 140 valence electrons. The Morgan fingerprint density at radius 3 is 2.44 bits per heavy atom. The SMILES string of the molecule is CCCCC(C)(OC)C(=O)Nc1ccc(OCC)c(C(=O)OCC)c1. The fraction of sp³-hybridized carbons (Fsp3) is 0.579. The zero-order valence-electron chi connectivity index (χ0n) is 15.8. The molecular formula is C19H29NO5. The molecule has 0 saturated heterocycles. The van der Waals surface area contributed by atoms with Gasteiger partial charge in [0.2, 0.25) is 0 Å². The van der Waals surface area contributed by atoms with E-state index in [1.165, 1.54) is 7.11 Å². The highest BCUT2D eigenvalue weighted by Crippen LogP contribution is 2.26. The van der Waals surface area contributed by atoms with Crippen LogP contribution in [-0.4, -0.2) is 37.8 Å². The Labute approximate surface area is 149 Å². The summed E-state index contributed by atoms with van der Waals surface area (Å²) in [6.07, 6.45) is 2.48. The molecule has 6 heteroatoms. The molecule has 6 nitrogen and oxygen atoms in total. The monoisotopic (exact) mass is 351 g/mol. The lowest BCUT2D eigenvalue weighted by Gasteiger charge is -2.27. The maximum Gasteiger partial charge on any atom is 0.341 e. The number of nitrogens with one attached hydrogen (secondary N) is 1. The predicted molar refractivity (Wildman–Crippen MR) is 97.1 cm³/mol. The number of carbonyl (C=O) groups is 2. The molecule has 1 aromatic rings. The number of carbonyl (C=O) groups excluding carboxylic acids is 2. The fourth-order valence-corrected chi connectivity index (χ4v) is 2.34. The first kappa shape index (κ1) is 21.0. The van der Waals surface area contributed by atoms with Crippen molar-refractivity contribution in [2.45, 2.75) is 52.6 Å². The number of methoxy groups -OCH3 is 1. The Morgan fingerprint density at radius 1 is 1.16 bits per heavy atom.